The maximum atomic E-state index is 6.77. The molecule has 2 saturated carbocycles. The van der Waals surface area contributed by atoms with Gasteiger partial charge in [-0.3, -0.25) is 0 Å². The first-order valence-electron chi connectivity index (χ1n) is 6.93. The molecule has 0 radical (unpaired) electrons. The first kappa shape index (κ1) is 11.4. The summed E-state index contributed by atoms with van der Waals surface area (Å²) < 4.78 is 0. The summed E-state index contributed by atoms with van der Waals surface area (Å²) in [6, 6.07) is 0. The third kappa shape index (κ3) is 2.08. The Hall–Kier alpha value is -0.0400. The van der Waals surface area contributed by atoms with Crippen LogP contribution in [0.15, 0.2) is 0 Å². The van der Waals surface area contributed by atoms with E-state index in [1.807, 2.05) is 0 Å². The first-order chi connectivity index (χ1) is 7.14. The zero-order valence-electron chi connectivity index (χ0n) is 10.5. The fraction of sp³-hybridized carbons (Fsp3) is 1.00. The lowest BCUT2D eigenvalue weighted by Gasteiger charge is -2.49. The van der Waals surface area contributed by atoms with Crippen LogP contribution in [0.2, 0.25) is 0 Å². The molecule has 2 N–H and O–H groups in total. The summed E-state index contributed by atoms with van der Waals surface area (Å²) in [5.74, 6) is 2.39. The van der Waals surface area contributed by atoms with E-state index in [1.165, 1.54) is 51.4 Å². The standard InChI is InChI=1S/C14H27N/c1-11-7-6-10-14(15,12(11)2)13-8-4-3-5-9-13/h11-13H,3-10,15H2,1-2H3. The lowest BCUT2D eigenvalue weighted by atomic mass is 9.60. The molecule has 2 fully saturated rings. The minimum absolute atomic E-state index is 0.179. The van der Waals surface area contributed by atoms with Crippen molar-refractivity contribution >= 4 is 0 Å². The van der Waals surface area contributed by atoms with Crippen LogP contribution in [0, 0.1) is 17.8 Å². The maximum absolute atomic E-state index is 6.77. The molecule has 1 nitrogen and oxygen atoms in total. The third-order valence-electron chi connectivity index (χ3n) is 5.34. The van der Waals surface area contributed by atoms with E-state index in [-0.39, 0.29) is 5.54 Å². The fourth-order valence-electron chi connectivity index (χ4n) is 3.95. The number of nitrogens with two attached hydrogens (primary N) is 1. The number of hydrogen-bond donors (Lipinski definition) is 1. The Balaban J connectivity index is 2.08. The van der Waals surface area contributed by atoms with Crippen LogP contribution >= 0.6 is 0 Å². The summed E-state index contributed by atoms with van der Waals surface area (Å²) in [5, 5.41) is 0. The summed E-state index contributed by atoms with van der Waals surface area (Å²) in [4.78, 5) is 0. The molecule has 0 aliphatic heterocycles. The molecule has 3 unspecified atom stereocenters. The van der Waals surface area contributed by atoms with Crippen LogP contribution in [0.25, 0.3) is 0 Å². The molecule has 3 atom stereocenters. The number of rotatable bonds is 1. The van der Waals surface area contributed by atoms with Gasteiger partial charge in [-0.1, -0.05) is 46.0 Å². The van der Waals surface area contributed by atoms with Gasteiger partial charge in [-0.05, 0) is 37.0 Å². The van der Waals surface area contributed by atoms with E-state index in [4.69, 9.17) is 5.73 Å². The van der Waals surface area contributed by atoms with Gasteiger partial charge in [-0.25, -0.2) is 0 Å². The highest BCUT2D eigenvalue weighted by Crippen LogP contribution is 2.45. The second-order valence-electron chi connectivity index (χ2n) is 6.11. The molecule has 0 heterocycles. The fourth-order valence-corrected chi connectivity index (χ4v) is 3.95. The van der Waals surface area contributed by atoms with Gasteiger partial charge in [0.2, 0.25) is 0 Å². The van der Waals surface area contributed by atoms with E-state index in [0.717, 1.165) is 17.8 Å². The van der Waals surface area contributed by atoms with Gasteiger partial charge in [0.15, 0.2) is 0 Å². The summed E-state index contributed by atoms with van der Waals surface area (Å²) >= 11 is 0. The van der Waals surface area contributed by atoms with E-state index in [1.54, 1.807) is 0 Å². The van der Waals surface area contributed by atoms with E-state index in [0.29, 0.717) is 0 Å². The van der Waals surface area contributed by atoms with Gasteiger partial charge in [-0.2, -0.15) is 0 Å². The second kappa shape index (κ2) is 4.45. The Bertz CT molecular complexity index is 207. The van der Waals surface area contributed by atoms with Crippen molar-refractivity contribution < 1.29 is 0 Å². The second-order valence-corrected chi connectivity index (χ2v) is 6.11. The summed E-state index contributed by atoms with van der Waals surface area (Å²) in [7, 11) is 0. The Labute approximate surface area is 94.8 Å². The molecule has 2 aliphatic rings. The molecule has 1 heteroatoms. The SMILES string of the molecule is CC1CCCC(N)(C2CCCCC2)C1C. The van der Waals surface area contributed by atoms with Crippen molar-refractivity contribution in [3.63, 3.8) is 0 Å². The highest BCUT2D eigenvalue weighted by molar-refractivity contribution is 5.00. The Kier molecular flexibility index (Phi) is 3.39. The normalized spacial score (nSPS) is 44.2. The van der Waals surface area contributed by atoms with Crippen LogP contribution in [0.4, 0.5) is 0 Å². The van der Waals surface area contributed by atoms with Gasteiger partial charge in [0.1, 0.15) is 0 Å². The van der Waals surface area contributed by atoms with Crippen molar-refractivity contribution in [2.75, 3.05) is 0 Å². The molecule has 0 aromatic carbocycles. The molecule has 0 saturated heterocycles. The molecule has 0 amide bonds. The van der Waals surface area contributed by atoms with Crippen LogP contribution < -0.4 is 5.73 Å². The van der Waals surface area contributed by atoms with Gasteiger partial charge in [-0.15, -0.1) is 0 Å². The Morgan fingerprint density at radius 1 is 0.933 bits per heavy atom. The molecule has 88 valence electrons. The Morgan fingerprint density at radius 3 is 2.27 bits per heavy atom. The molecular weight excluding hydrogens is 182 g/mol. The molecule has 2 rings (SSSR count). The number of hydrogen-bond acceptors (Lipinski definition) is 1. The highest BCUT2D eigenvalue weighted by Gasteiger charge is 2.43. The maximum Gasteiger partial charge on any atom is 0.0211 e. The summed E-state index contributed by atoms with van der Waals surface area (Å²) in [6.07, 6.45) is 11.1. The van der Waals surface area contributed by atoms with E-state index >= 15 is 0 Å². The summed E-state index contributed by atoms with van der Waals surface area (Å²) in [5.41, 5.74) is 6.95. The van der Waals surface area contributed by atoms with Crippen LogP contribution in [-0.2, 0) is 0 Å². The van der Waals surface area contributed by atoms with Gasteiger partial charge in [0.25, 0.3) is 0 Å². The van der Waals surface area contributed by atoms with Crippen LogP contribution in [-0.4, -0.2) is 5.54 Å². The largest absolute Gasteiger partial charge is 0.325 e. The van der Waals surface area contributed by atoms with E-state index in [2.05, 4.69) is 13.8 Å². The van der Waals surface area contributed by atoms with Crippen molar-refractivity contribution in [2.45, 2.75) is 70.8 Å². The van der Waals surface area contributed by atoms with Crippen LogP contribution in [0.5, 0.6) is 0 Å². The van der Waals surface area contributed by atoms with Crippen molar-refractivity contribution in [3.8, 4) is 0 Å². The van der Waals surface area contributed by atoms with E-state index in [9.17, 15) is 0 Å². The monoisotopic (exact) mass is 209 g/mol. The third-order valence-corrected chi connectivity index (χ3v) is 5.34. The highest BCUT2D eigenvalue weighted by atomic mass is 14.8. The van der Waals surface area contributed by atoms with Gasteiger partial charge in [0, 0.05) is 5.54 Å². The molecule has 0 spiro atoms. The van der Waals surface area contributed by atoms with Crippen molar-refractivity contribution in [1.29, 1.82) is 0 Å². The molecule has 2 aliphatic carbocycles. The molecule has 0 aromatic heterocycles. The lowest BCUT2D eigenvalue weighted by molar-refractivity contribution is 0.0649. The zero-order valence-corrected chi connectivity index (χ0v) is 10.5. The summed E-state index contributed by atoms with van der Waals surface area (Å²) in [6.45, 7) is 4.80. The van der Waals surface area contributed by atoms with Gasteiger partial charge in [0.05, 0.1) is 0 Å². The topological polar surface area (TPSA) is 26.0 Å². The Morgan fingerprint density at radius 2 is 1.60 bits per heavy atom. The zero-order chi connectivity index (χ0) is 10.9. The molecular formula is C14H27N. The molecule has 0 aromatic rings. The molecule has 15 heavy (non-hydrogen) atoms. The van der Waals surface area contributed by atoms with Gasteiger partial charge < -0.3 is 5.73 Å². The van der Waals surface area contributed by atoms with Crippen LogP contribution in [0.1, 0.15) is 65.2 Å². The lowest BCUT2D eigenvalue weighted by Crippen LogP contribution is -2.56. The molecule has 0 bridgehead atoms. The van der Waals surface area contributed by atoms with Gasteiger partial charge >= 0.3 is 0 Å². The van der Waals surface area contributed by atoms with Crippen molar-refractivity contribution in [2.24, 2.45) is 23.5 Å². The predicted octanol–water partition coefficient (Wildman–Crippen LogP) is 3.72. The minimum Gasteiger partial charge on any atom is -0.325 e. The smallest absolute Gasteiger partial charge is 0.0211 e. The van der Waals surface area contributed by atoms with Crippen molar-refractivity contribution in [3.05, 3.63) is 0 Å². The van der Waals surface area contributed by atoms with E-state index < -0.39 is 0 Å². The van der Waals surface area contributed by atoms with Crippen LogP contribution in [0.3, 0.4) is 0 Å². The quantitative estimate of drug-likeness (QED) is 0.700. The first-order valence-corrected chi connectivity index (χ1v) is 6.93. The van der Waals surface area contributed by atoms with Crippen molar-refractivity contribution in [1.82, 2.24) is 0 Å². The minimum atomic E-state index is 0.179. The average Bonchev–Trinajstić information content (AvgIpc) is 2.27. The predicted molar refractivity (Wildman–Crippen MR) is 65.7 cm³/mol. The average molecular weight is 209 g/mol.